The molecule has 4 nitrogen and oxygen atoms in total. The highest BCUT2D eigenvalue weighted by Crippen LogP contribution is 2.27. The van der Waals surface area contributed by atoms with Crippen LogP contribution >= 0.6 is 0 Å². The molecule has 1 aromatic carbocycles. The Balaban J connectivity index is 2.56. The van der Waals surface area contributed by atoms with Gasteiger partial charge in [-0.25, -0.2) is 0 Å². The van der Waals surface area contributed by atoms with Crippen LogP contribution in [0.4, 0.5) is 0 Å². The topological polar surface area (TPSA) is 51.5 Å². The van der Waals surface area contributed by atoms with Gasteiger partial charge in [-0.3, -0.25) is 0 Å². The van der Waals surface area contributed by atoms with Crippen molar-refractivity contribution in [2.24, 2.45) is 0 Å². The van der Waals surface area contributed by atoms with Gasteiger partial charge in [-0.15, -0.1) is 0 Å². The zero-order chi connectivity index (χ0) is 12.7. The largest absolute Gasteiger partial charge is 0.493 e. The van der Waals surface area contributed by atoms with Crippen LogP contribution in [0.5, 0.6) is 11.5 Å². The summed E-state index contributed by atoms with van der Waals surface area (Å²) in [6.45, 7) is 4.94. The molecule has 0 heterocycles. The van der Waals surface area contributed by atoms with Gasteiger partial charge in [-0.2, -0.15) is 5.26 Å². The van der Waals surface area contributed by atoms with Crippen LogP contribution in [0, 0.1) is 11.3 Å². The van der Waals surface area contributed by atoms with Gasteiger partial charge < -0.3 is 14.2 Å². The van der Waals surface area contributed by atoms with Crippen molar-refractivity contribution in [1.82, 2.24) is 0 Å². The summed E-state index contributed by atoms with van der Waals surface area (Å²) in [4.78, 5) is 0. The summed E-state index contributed by atoms with van der Waals surface area (Å²) in [6, 6.07) is 7.13. The van der Waals surface area contributed by atoms with Crippen LogP contribution in [0.3, 0.4) is 0 Å². The summed E-state index contributed by atoms with van der Waals surface area (Å²) < 4.78 is 16.0. The molecule has 0 saturated carbocycles. The average Bonchev–Trinajstić information content (AvgIpc) is 2.34. The fraction of sp³-hybridized carbons (Fsp3) is 0.462. The Hall–Kier alpha value is -1.73. The number of nitriles is 1. The molecule has 0 fully saturated rings. The maximum absolute atomic E-state index is 8.76. The van der Waals surface area contributed by atoms with Crippen molar-refractivity contribution in [3.05, 3.63) is 23.8 Å². The molecular formula is C13H17NO3. The van der Waals surface area contributed by atoms with E-state index in [0.717, 1.165) is 0 Å². The average molecular weight is 235 g/mol. The first-order chi connectivity index (χ1) is 8.17. The minimum atomic E-state index is 0.196. The summed E-state index contributed by atoms with van der Waals surface area (Å²) in [7, 11) is 1.55. The van der Waals surface area contributed by atoms with Gasteiger partial charge in [0.1, 0.15) is 6.61 Å². The highest BCUT2D eigenvalue weighted by Gasteiger charge is 2.05. The van der Waals surface area contributed by atoms with Crippen molar-refractivity contribution in [3.8, 4) is 17.6 Å². The van der Waals surface area contributed by atoms with E-state index in [1.807, 2.05) is 13.8 Å². The van der Waals surface area contributed by atoms with Crippen molar-refractivity contribution in [2.75, 3.05) is 20.3 Å². The van der Waals surface area contributed by atoms with Crippen LogP contribution in [0.15, 0.2) is 18.2 Å². The lowest BCUT2D eigenvalue weighted by Gasteiger charge is -2.12. The Morgan fingerprint density at radius 3 is 2.59 bits per heavy atom. The lowest BCUT2D eigenvalue weighted by atomic mass is 10.2. The Morgan fingerprint density at radius 1 is 1.24 bits per heavy atom. The molecule has 0 aliphatic rings. The predicted molar refractivity (Wildman–Crippen MR) is 64.3 cm³/mol. The van der Waals surface area contributed by atoms with E-state index >= 15 is 0 Å². The second kappa shape index (κ2) is 6.77. The summed E-state index contributed by atoms with van der Waals surface area (Å²) in [5.41, 5.74) is 0.549. The van der Waals surface area contributed by atoms with Gasteiger partial charge in [0.2, 0.25) is 0 Å². The number of ether oxygens (including phenoxy) is 3. The van der Waals surface area contributed by atoms with Gasteiger partial charge in [0, 0.05) is 6.07 Å². The van der Waals surface area contributed by atoms with Gasteiger partial charge in [-0.1, -0.05) is 0 Å². The Morgan fingerprint density at radius 2 is 2.00 bits per heavy atom. The number of benzene rings is 1. The van der Waals surface area contributed by atoms with Crippen molar-refractivity contribution >= 4 is 0 Å². The van der Waals surface area contributed by atoms with E-state index in [1.54, 1.807) is 25.3 Å². The highest BCUT2D eigenvalue weighted by atomic mass is 16.5. The molecule has 0 aromatic heterocycles. The third-order valence-corrected chi connectivity index (χ3v) is 2.08. The molecule has 0 saturated heterocycles. The minimum Gasteiger partial charge on any atom is -0.493 e. The molecule has 0 bridgehead atoms. The van der Waals surface area contributed by atoms with E-state index in [2.05, 4.69) is 6.07 Å². The zero-order valence-corrected chi connectivity index (χ0v) is 10.4. The molecule has 0 N–H and O–H groups in total. The van der Waals surface area contributed by atoms with Gasteiger partial charge in [0.25, 0.3) is 0 Å². The van der Waals surface area contributed by atoms with Crippen LogP contribution in [0.1, 0.15) is 19.4 Å². The lowest BCUT2D eigenvalue weighted by molar-refractivity contribution is 0.0547. The highest BCUT2D eigenvalue weighted by molar-refractivity contribution is 5.46. The first kappa shape index (κ1) is 13.3. The molecule has 17 heavy (non-hydrogen) atoms. The van der Waals surface area contributed by atoms with Crippen LogP contribution in [0.25, 0.3) is 0 Å². The normalized spacial score (nSPS) is 10.1. The van der Waals surface area contributed by atoms with E-state index in [4.69, 9.17) is 19.5 Å². The van der Waals surface area contributed by atoms with Crippen LogP contribution in [-0.2, 0) is 4.74 Å². The van der Waals surface area contributed by atoms with E-state index < -0.39 is 0 Å². The van der Waals surface area contributed by atoms with Gasteiger partial charge in [0.15, 0.2) is 11.5 Å². The first-order valence-electron chi connectivity index (χ1n) is 5.50. The van der Waals surface area contributed by atoms with Crippen molar-refractivity contribution in [1.29, 1.82) is 5.26 Å². The van der Waals surface area contributed by atoms with Gasteiger partial charge in [-0.05, 0) is 26.0 Å². The molecule has 92 valence electrons. The lowest BCUT2D eigenvalue weighted by Crippen LogP contribution is -2.11. The summed E-state index contributed by atoms with van der Waals surface area (Å²) >= 11 is 0. The van der Waals surface area contributed by atoms with Crippen molar-refractivity contribution < 1.29 is 14.2 Å². The summed E-state index contributed by atoms with van der Waals surface area (Å²) in [5, 5.41) is 8.76. The Labute approximate surface area is 102 Å². The number of hydrogen-bond donors (Lipinski definition) is 0. The minimum absolute atomic E-state index is 0.196. The van der Waals surface area contributed by atoms with Crippen molar-refractivity contribution in [3.63, 3.8) is 0 Å². The molecule has 1 rings (SSSR count). The molecule has 4 heteroatoms. The standard InChI is InChI=1S/C13H17NO3/c1-10(2)16-6-7-17-12-5-4-11(9-14)8-13(12)15-3/h4-5,8,10H,6-7H2,1-3H3. The quantitative estimate of drug-likeness (QED) is 0.710. The van der Waals surface area contributed by atoms with E-state index in [0.29, 0.717) is 30.3 Å². The number of rotatable bonds is 6. The number of methoxy groups -OCH3 is 1. The first-order valence-corrected chi connectivity index (χ1v) is 5.50. The van der Waals surface area contributed by atoms with Crippen molar-refractivity contribution in [2.45, 2.75) is 20.0 Å². The molecule has 0 unspecified atom stereocenters. The second-order valence-corrected chi connectivity index (χ2v) is 3.75. The maximum Gasteiger partial charge on any atom is 0.162 e. The summed E-state index contributed by atoms with van der Waals surface area (Å²) in [6.07, 6.45) is 0.196. The molecule has 0 amide bonds. The molecule has 0 aliphatic heterocycles. The van der Waals surface area contributed by atoms with E-state index in [9.17, 15) is 0 Å². The molecular weight excluding hydrogens is 218 g/mol. The number of hydrogen-bond acceptors (Lipinski definition) is 4. The smallest absolute Gasteiger partial charge is 0.162 e. The Bertz CT molecular complexity index is 396. The third kappa shape index (κ3) is 4.33. The van der Waals surface area contributed by atoms with E-state index in [-0.39, 0.29) is 6.10 Å². The molecule has 0 atom stereocenters. The molecule has 1 aromatic rings. The van der Waals surface area contributed by atoms with Crippen LogP contribution in [-0.4, -0.2) is 26.4 Å². The molecule has 0 radical (unpaired) electrons. The fourth-order valence-electron chi connectivity index (χ4n) is 1.29. The maximum atomic E-state index is 8.76. The fourth-order valence-corrected chi connectivity index (χ4v) is 1.29. The molecule has 0 aliphatic carbocycles. The van der Waals surface area contributed by atoms with Gasteiger partial charge in [0.05, 0.1) is 31.5 Å². The van der Waals surface area contributed by atoms with Gasteiger partial charge >= 0.3 is 0 Å². The predicted octanol–water partition coefficient (Wildman–Crippen LogP) is 2.37. The zero-order valence-electron chi connectivity index (χ0n) is 10.4. The van der Waals surface area contributed by atoms with E-state index in [1.165, 1.54) is 0 Å². The van der Waals surface area contributed by atoms with Crippen LogP contribution < -0.4 is 9.47 Å². The molecule has 0 spiro atoms. The number of nitrogens with zero attached hydrogens (tertiary/aromatic N) is 1. The SMILES string of the molecule is COc1cc(C#N)ccc1OCCOC(C)C. The summed E-state index contributed by atoms with van der Waals surface area (Å²) in [5.74, 6) is 1.19. The second-order valence-electron chi connectivity index (χ2n) is 3.75. The third-order valence-electron chi connectivity index (χ3n) is 2.08. The Kier molecular flexibility index (Phi) is 5.31. The van der Waals surface area contributed by atoms with Crippen LogP contribution in [0.2, 0.25) is 0 Å². The monoisotopic (exact) mass is 235 g/mol.